The van der Waals surface area contributed by atoms with Gasteiger partial charge < -0.3 is 4.90 Å². The molecule has 0 atom stereocenters. The van der Waals surface area contributed by atoms with Crippen molar-refractivity contribution in [1.82, 2.24) is 34.6 Å². The Balaban J connectivity index is 1.40. The molecule has 1 aliphatic heterocycles. The number of nitrogens with zero attached hydrogens (tertiary/aromatic N) is 8. The van der Waals surface area contributed by atoms with Crippen LogP contribution >= 0.6 is 0 Å². The molecule has 8 heteroatoms. The van der Waals surface area contributed by atoms with Crippen molar-refractivity contribution in [3.63, 3.8) is 0 Å². The average molecular weight is 364 g/mol. The first kappa shape index (κ1) is 17.5. The van der Waals surface area contributed by atoms with Gasteiger partial charge in [0.05, 0.1) is 12.2 Å². The molecule has 0 spiro atoms. The van der Waals surface area contributed by atoms with Crippen molar-refractivity contribution in [1.29, 1.82) is 0 Å². The molecule has 1 saturated heterocycles. The molecule has 3 aromatic heterocycles. The van der Waals surface area contributed by atoms with E-state index in [-0.39, 0.29) is 0 Å². The molecule has 0 aromatic carbocycles. The topological polar surface area (TPSA) is 75.9 Å². The second kappa shape index (κ2) is 7.79. The second-order valence-electron chi connectivity index (χ2n) is 6.81. The summed E-state index contributed by atoms with van der Waals surface area (Å²) in [4.78, 5) is 22.5. The summed E-state index contributed by atoms with van der Waals surface area (Å²) >= 11 is 0. The van der Waals surface area contributed by atoms with E-state index in [1.807, 2.05) is 36.9 Å². The van der Waals surface area contributed by atoms with E-state index in [9.17, 15) is 0 Å². The standard InChI is InChI=1S/C19H24N8/c1-15-3-4-17(16(2)23-15)18-5-6-21-19(24-18)26-10-7-25(8-11-26)9-12-27-14-20-13-22-27/h3-6,13-14H,7-12H2,1-2H3. The van der Waals surface area contributed by atoms with E-state index in [0.717, 1.165) is 67.9 Å². The molecule has 4 heterocycles. The first-order chi connectivity index (χ1) is 13.2. The van der Waals surface area contributed by atoms with Crippen molar-refractivity contribution in [3.8, 4) is 11.3 Å². The van der Waals surface area contributed by atoms with Crippen molar-refractivity contribution >= 4 is 5.95 Å². The molecule has 0 saturated carbocycles. The molecule has 1 fully saturated rings. The maximum Gasteiger partial charge on any atom is 0.225 e. The molecule has 140 valence electrons. The van der Waals surface area contributed by atoms with Gasteiger partial charge in [-0.1, -0.05) is 0 Å². The maximum atomic E-state index is 4.80. The van der Waals surface area contributed by atoms with Crippen LogP contribution in [0.5, 0.6) is 0 Å². The van der Waals surface area contributed by atoms with Crippen molar-refractivity contribution in [2.75, 3.05) is 37.6 Å². The number of pyridine rings is 1. The van der Waals surface area contributed by atoms with E-state index < -0.39 is 0 Å². The fraction of sp³-hybridized carbons (Fsp3) is 0.421. The molecule has 0 bridgehead atoms. The first-order valence-electron chi connectivity index (χ1n) is 9.26. The summed E-state index contributed by atoms with van der Waals surface area (Å²) in [7, 11) is 0. The highest BCUT2D eigenvalue weighted by Gasteiger charge is 2.19. The summed E-state index contributed by atoms with van der Waals surface area (Å²) < 4.78 is 1.87. The van der Waals surface area contributed by atoms with E-state index in [0.29, 0.717) is 0 Å². The summed E-state index contributed by atoms with van der Waals surface area (Å²) in [5.41, 5.74) is 4.01. The van der Waals surface area contributed by atoms with Crippen molar-refractivity contribution < 1.29 is 0 Å². The van der Waals surface area contributed by atoms with Gasteiger partial charge in [-0.3, -0.25) is 14.6 Å². The third kappa shape index (κ3) is 4.11. The van der Waals surface area contributed by atoms with E-state index in [2.05, 4.69) is 35.9 Å². The van der Waals surface area contributed by atoms with Gasteiger partial charge >= 0.3 is 0 Å². The zero-order valence-electron chi connectivity index (χ0n) is 15.8. The van der Waals surface area contributed by atoms with Crippen LogP contribution in [-0.2, 0) is 6.54 Å². The number of aryl methyl sites for hydroxylation is 2. The maximum absolute atomic E-state index is 4.80. The smallest absolute Gasteiger partial charge is 0.225 e. The molecule has 0 N–H and O–H groups in total. The van der Waals surface area contributed by atoms with Crippen LogP contribution in [0.25, 0.3) is 11.3 Å². The lowest BCUT2D eigenvalue weighted by Gasteiger charge is -2.34. The molecule has 0 radical (unpaired) electrons. The molecule has 0 unspecified atom stereocenters. The van der Waals surface area contributed by atoms with Gasteiger partial charge in [0.1, 0.15) is 12.7 Å². The zero-order valence-corrected chi connectivity index (χ0v) is 15.8. The van der Waals surface area contributed by atoms with Gasteiger partial charge in [-0.05, 0) is 32.0 Å². The van der Waals surface area contributed by atoms with Crippen LogP contribution in [0.2, 0.25) is 0 Å². The van der Waals surface area contributed by atoms with Crippen molar-refractivity contribution in [3.05, 3.63) is 48.4 Å². The van der Waals surface area contributed by atoms with Gasteiger partial charge in [0, 0.05) is 55.9 Å². The molecule has 0 aliphatic carbocycles. The largest absolute Gasteiger partial charge is 0.338 e. The fourth-order valence-electron chi connectivity index (χ4n) is 3.37. The monoisotopic (exact) mass is 364 g/mol. The third-order valence-corrected chi connectivity index (χ3v) is 4.91. The number of aromatic nitrogens is 6. The van der Waals surface area contributed by atoms with Gasteiger partial charge in [0.2, 0.25) is 5.95 Å². The summed E-state index contributed by atoms with van der Waals surface area (Å²) in [6.07, 6.45) is 5.18. The minimum atomic E-state index is 0.795. The minimum absolute atomic E-state index is 0.795. The number of piperazine rings is 1. The van der Waals surface area contributed by atoms with Gasteiger partial charge in [0.25, 0.3) is 0 Å². The Labute approximate surface area is 158 Å². The minimum Gasteiger partial charge on any atom is -0.338 e. The van der Waals surface area contributed by atoms with E-state index in [1.165, 1.54) is 0 Å². The predicted molar refractivity (Wildman–Crippen MR) is 103 cm³/mol. The molecule has 0 amide bonds. The highest BCUT2D eigenvalue weighted by molar-refractivity contribution is 5.62. The van der Waals surface area contributed by atoms with E-state index in [4.69, 9.17) is 4.98 Å². The summed E-state index contributed by atoms with van der Waals surface area (Å²) in [5.74, 6) is 0.795. The lowest BCUT2D eigenvalue weighted by molar-refractivity contribution is 0.243. The van der Waals surface area contributed by atoms with E-state index >= 15 is 0 Å². The van der Waals surface area contributed by atoms with Crippen LogP contribution in [0, 0.1) is 13.8 Å². The van der Waals surface area contributed by atoms with Crippen LogP contribution in [0.4, 0.5) is 5.95 Å². The Bertz CT molecular complexity index is 884. The quantitative estimate of drug-likeness (QED) is 0.680. The van der Waals surface area contributed by atoms with Gasteiger partial charge in [-0.25, -0.2) is 15.0 Å². The summed E-state index contributed by atoms with van der Waals surface area (Å²) in [6, 6.07) is 6.07. The fourth-order valence-corrected chi connectivity index (χ4v) is 3.37. The molecular weight excluding hydrogens is 340 g/mol. The second-order valence-corrected chi connectivity index (χ2v) is 6.81. The van der Waals surface area contributed by atoms with Crippen LogP contribution in [0.3, 0.4) is 0 Å². The average Bonchev–Trinajstić information content (AvgIpc) is 3.21. The van der Waals surface area contributed by atoms with Gasteiger partial charge in [-0.15, -0.1) is 0 Å². The van der Waals surface area contributed by atoms with Crippen LogP contribution in [0.1, 0.15) is 11.4 Å². The SMILES string of the molecule is Cc1ccc(-c2ccnc(N3CCN(CCn4cncn4)CC3)n2)c(C)n1. The Morgan fingerprint density at radius 3 is 2.56 bits per heavy atom. The summed E-state index contributed by atoms with van der Waals surface area (Å²) in [6.45, 7) is 9.71. The van der Waals surface area contributed by atoms with Crippen LogP contribution in [0.15, 0.2) is 37.1 Å². The number of rotatable bonds is 5. The normalized spacial score (nSPS) is 15.3. The molecule has 4 rings (SSSR count). The molecule has 3 aromatic rings. The third-order valence-electron chi connectivity index (χ3n) is 4.91. The molecule has 8 nitrogen and oxygen atoms in total. The first-order valence-corrected chi connectivity index (χ1v) is 9.26. The Kier molecular flexibility index (Phi) is 5.06. The summed E-state index contributed by atoms with van der Waals surface area (Å²) in [5, 5.41) is 4.16. The lowest BCUT2D eigenvalue weighted by atomic mass is 10.1. The number of hydrogen-bond donors (Lipinski definition) is 0. The highest BCUT2D eigenvalue weighted by atomic mass is 15.3. The van der Waals surface area contributed by atoms with Crippen LogP contribution in [-0.4, -0.2) is 67.3 Å². The van der Waals surface area contributed by atoms with Crippen molar-refractivity contribution in [2.45, 2.75) is 20.4 Å². The molecule has 1 aliphatic rings. The Hall–Kier alpha value is -2.87. The van der Waals surface area contributed by atoms with Gasteiger partial charge in [0.15, 0.2) is 0 Å². The zero-order chi connectivity index (χ0) is 18.6. The number of anilines is 1. The lowest BCUT2D eigenvalue weighted by Crippen LogP contribution is -2.47. The molecular formula is C19H24N8. The molecule has 27 heavy (non-hydrogen) atoms. The highest BCUT2D eigenvalue weighted by Crippen LogP contribution is 2.22. The number of hydrogen-bond acceptors (Lipinski definition) is 7. The van der Waals surface area contributed by atoms with Gasteiger partial charge in [-0.2, -0.15) is 5.10 Å². The van der Waals surface area contributed by atoms with Crippen molar-refractivity contribution in [2.24, 2.45) is 0 Å². The van der Waals surface area contributed by atoms with Crippen LogP contribution < -0.4 is 4.90 Å². The Morgan fingerprint density at radius 1 is 0.963 bits per heavy atom. The predicted octanol–water partition coefficient (Wildman–Crippen LogP) is 1.57. The van der Waals surface area contributed by atoms with E-state index in [1.54, 1.807) is 12.7 Å². The Morgan fingerprint density at radius 2 is 1.81 bits per heavy atom.